The van der Waals surface area contributed by atoms with Crippen LogP contribution >= 0.6 is 0 Å². The van der Waals surface area contributed by atoms with Gasteiger partial charge in [0.2, 0.25) is 5.91 Å². The Morgan fingerprint density at radius 2 is 1.60 bits per heavy atom. The summed E-state index contributed by atoms with van der Waals surface area (Å²) in [6.07, 6.45) is 2.86. The van der Waals surface area contributed by atoms with Gasteiger partial charge in [0.15, 0.2) is 0 Å². The zero-order valence-electron chi connectivity index (χ0n) is 14.8. The lowest BCUT2D eigenvalue weighted by molar-refractivity contribution is -0.127. The minimum absolute atomic E-state index is 0.0665. The number of amides is 1. The van der Waals surface area contributed by atoms with Crippen molar-refractivity contribution in [1.82, 2.24) is 5.32 Å². The average Bonchev–Trinajstić information content (AvgIpc) is 2.67. The Hall–Kier alpha value is -2.13. The van der Waals surface area contributed by atoms with Gasteiger partial charge in [-0.2, -0.15) is 0 Å². The van der Waals surface area contributed by atoms with Crippen molar-refractivity contribution < 1.29 is 9.90 Å². The molecule has 0 bridgehead atoms. The maximum Gasteiger partial charge on any atom is 0.223 e. The molecule has 3 nitrogen and oxygen atoms in total. The van der Waals surface area contributed by atoms with Gasteiger partial charge in [-0.25, -0.2) is 0 Å². The van der Waals surface area contributed by atoms with Crippen LogP contribution in [-0.2, 0) is 10.2 Å². The third kappa shape index (κ3) is 4.10. The lowest BCUT2D eigenvalue weighted by atomic mass is 9.76. The van der Waals surface area contributed by atoms with Crippen LogP contribution in [0.3, 0.4) is 0 Å². The Labute approximate surface area is 150 Å². The molecule has 25 heavy (non-hydrogen) atoms. The van der Waals surface area contributed by atoms with E-state index in [-0.39, 0.29) is 23.3 Å². The number of aliphatic hydroxyl groups is 1. The molecule has 1 aliphatic rings. The van der Waals surface area contributed by atoms with Gasteiger partial charge in [0.1, 0.15) is 0 Å². The molecule has 3 rings (SSSR count). The predicted molar refractivity (Wildman–Crippen MR) is 100 cm³/mol. The molecule has 2 atom stereocenters. The van der Waals surface area contributed by atoms with Gasteiger partial charge in [0, 0.05) is 17.9 Å². The normalized spacial score (nSPS) is 20.9. The van der Waals surface area contributed by atoms with E-state index in [4.69, 9.17) is 0 Å². The number of nitrogens with one attached hydrogen (secondary N) is 1. The summed E-state index contributed by atoms with van der Waals surface area (Å²) in [5.74, 6) is -0.00335. The molecule has 3 heteroatoms. The lowest BCUT2D eigenvalue weighted by Crippen LogP contribution is -2.43. The highest BCUT2D eigenvalue weighted by Crippen LogP contribution is 2.32. The topological polar surface area (TPSA) is 49.3 Å². The molecular weight excluding hydrogens is 310 g/mol. The number of carbonyl (C=O) groups is 1. The molecule has 0 heterocycles. The van der Waals surface area contributed by atoms with Crippen LogP contribution in [0, 0.1) is 5.92 Å². The van der Waals surface area contributed by atoms with E-state index < -0.39 is 0 Å². The van der Waals surface area contributed by atoms with Crippen LogP contribution in [0.15, 0.2) is 60.7 Å². The fraction of sp³-hybridized carbons (Fsp3) is 0.409. The quantitative estimate of drug-likeness (QED) is 0.875. The van der Waals surface area contributed by atoms with Crippen molar-refractivity contribution in [3.63, 3.8) is 0 Å². The fourth-order valence-electron chi connectivity index (χ4n) is 3.79. The van der Waals surface area contributed by atoms with Crippen LogP contribution in [0.25, 0.3) is 0 Å². The third-order valence-corrected chi connectivity index (χ3v) is 5.46. The zero-order valence-corrected chi connectivity index (χ0v) is 14.8. The Balaban J connectivity index is 1.78. The Morgan fingerprint density at radius 1 is 1.04 bits per heavy atom. The number of rotatable bonds is 5. The van der Waals surface area contributed by atoms with Gasteiger partial charge in [0.05, 0.1) is 6.10 Å². The fourth-order valence-corrected chi connectivity index (χ4v) is 3.79. The molecule has 1 saturated carbocycles. The first-order valence-corrected chi connectivity index (χ1v) is 9.16. The van der Waals surface area contributed by atoms with Gasteiger partial charge < -0.3 is 10.4 Å². The van der Waals surface area contributed by atoms with Crippen LogP contribution in [-0.4, -0.2) is 23.7 Å². The second kappa shape index (κ2) is 7.83. The summed E-state index contributed by atoms with van der Waals surface area (Å²) in [6, 6.07) is 20.6. The molecule has 2 N–H and O–H groups in total. The van der Waals surface area contributed by atoms with Gasteiger partial charge in [0.25, 0.3) is 0 Å². The molecule has 2 aromatic carbocycles. The molecule has 1 fully saturated rings. The van der Waals surface area contributed by atoms with E-state index >= 15 is 0 Å². The highest BCUT2D eigenvalue weighted by atomic mass is 16.3. The van der Waals surface area contributed by atoms with Crippen molar-refractivity contribution in [3.8, 4) is 0 Å². The smallest absolute Gasteiger partial charge is 0.223 e. The highest BCUT2D eigenvalue weighted by molar-refractivity contribution is 5.79. The van der Waals surface area contributed by atoms with E-state index in [0.717, 1.165) is 19.3 Å². The molecule has 132 valence electrons. The summed E-state index contributed by atoms with van der Waals surface area (Å²) in [4.78, 5) is 12.6. The average molecular weight is 337 g/mol. The SMILES string of the molecule is CC(CNC(=O)[C@H]1CCC[C@@H](O)C1)(c1ccccc1)c1ccccc1. The van der Waals surface area contributed by atoms with Crippen molar-refractivity contribution in [2.75, 3.05) is 6.54 Å². The van der Waals surface area contributed by atoms with Crippen LogP contribution in [0.2, 0.25) is 0 Å². The highest BCUT2D eigenvalue weighted by Gasteiger charge is 2.31. The van der Waals surface area contributed by atoms with E-state index in [1.807, 2.05) is 36.4 Å². The van der Waals surface area contributed by atoms with Gasteiger partial charge in [-0.15, -0.1) is 0 Å². The van der Waals surface area contributed by atoms with E-state index in [1.54, 1.807) is 0 Å². The minimum Gasteiger partial charge on any atom is -0.393 e. The maximum atomic E-state index is 12.6. The molecule has 0 aromatic heterocycles. The molecular formula is C22H27NO2. The lowest BCUT2D eigenvalue weighted by Gasteiger charge is -2.33. The first-order chi connectivity index (χ1) is 12.1. The van der Waals surface area contributed by atoms with Crippen LogP contribution < -0.4 is 5.32 Å². The molecule has 0 aliphatic heterocycles. The number of hydrogen-bond donors (Lipinski definition) is 2. The number of benzene rings is 2. The van der Waals surface area contributed by atoms with Crippen molar-refractivity contribution in [1.29, 1.82) is 0 Å². The van der Waals surface area contributed by atoms with Gasteiger partial charge >= 0.3 is 0 Å². The minimum atomic E-state index is -0.334. The maximum absolute atomic E-state index is 12.6. The first kappa shape index (κ1) is 17.7. The summed E-state index contributed by atoms with van der Waals surface area (Å²) in [5.41, 5.74) is 2.08. The molecule has 1 amide bonds. The van der Waals surface area contributed by atoms with Crippen LogP contribution in [0.1, 0.15) is 43.7 Å². The van der Waals surface area contributed by atoms with E-state index in [0.29, 0.717) is 13.0 Å². The zero-order chi connectivity index (χ0) is 17.7. The van der Waals surface area contributed by atoms with Crippen molar-refractivity contribution in [2.45, 2.75) is 44.1 Å². The third-order valence-electron chi connectivity index (χ3n) is 5.46. The standard InChI is InChI=1S/C22H27NO2/c1-22(18-10-4-2-5-11-18,19-12-6-3-7-13-19)16-23-21(25)17-9-8-14-20(24)15-17/h2-7,10-13,17,20,24H,8-9,14-16H2,1H3,(H,23,25)/t17-,20+/m0/s1. The first-order valence-electron chi connectivity index (χ1n) is 9.16. The van der Waals surface area contributed by atoms with Gasteiger partial charge in [-0.1, -0.05) is 67.1 Å². The number of aliphatic hydroxyl groups excluding tert-OH is 1. The molecule has 0 spiro atoms. The molecule has 0 saturated heterocycles. The van der Waals surface area contributed by atoms with Crippen molar-refractivity contribution >= 4 is 5.91 Å². The summed E-state index contributed by atoms with van der Waals surface area (Å²) in [5, 5.41) is 13.0. The summed E-state index contributed by atoms with van der Waals surface area (Å²) >= 11 is 0. The summed E-state index contributed by atoms with van der Waals surface area (Å²) in [6.45, 7) is 2.72. The second-order valence-electron chi connectivity index (χ2n) is 7.30. The molecule has 2 aromatic rings. The van der Waals surface area contributed by atoms with Crippen LogP contribution in [0.4, 0.5) is 0 Å². The van der Waals surface area contributed by atoms with Crippen LogP contribution in [0.5, 0.6) is 0 Å². The Morgan fingerprint density at radius 3 is 2.12 bits per heavy atom. The van der Waals surface area contributed by atoms with Crippen molar-refractivity contribution in [3.05, 3.63) is 71.8 Å². The monoisotopic (exact) mass is 337 g/mol. The molecule has 0 radical (unpaired) electrons. The Bertz CT molecular complexity index is 644. The van der Waals surface area contributed by atoms with E-state index in [2.05, 4.69) is 36.5 Å². The van der Waals surface area contributed by atoms with E-state index in [9.17, 15) is 9.90 Å². The van der Waals surface area contributed by atoms with E-state index in [1.165, 1.54) is 11.1 Å². The summed E-state index contributed by atoms with van der Waals surface area (Å²) in [7, 11) is 0. The summed E-state index contributed by atoms with van der Waals surface area (Å²) < 4.78 is 0. The van der Waals surface area contributed by atoms with Gasteiger partial charge in [-0.3, -0.25) is 4.79 Å². The molecule has 0 unspecified atom stereocenters. The Kier molecular flexibility index (Phi) is 5.54. The van der Waals surface area contributed by atoms with Crippen molar-refractivity contribution in [2.24, 2.45) is 5.92 Å². The number of hydrogen-bond acceptors (Lipinski definition) is 2. The van der Waals surface area contributed by atoms with Gasteiger partial charge in [-0.05, 0) is 37.3 Å². The largest absolute Gasteiger partial charge is 0.393 e. The number of carbonyl (C=O) groups excluding carboxylic acids is 1. The molecule has 1 aliphatic carbocycles. The second-order valence-corrected chi connectivity index (χ2v) is 7.30. The predicted octanol–water partition coefficient (Wildman–Crippen LogP) is 3.66.